The average molecular weight is 576 g/mol. The number of aliphatic carboxylic acids is 2. The zero-order chi connectivity index (χ0) is 28.6. The van der Waals surface area contributed by atoms with E-state index in [-0.39, 0.29) is 5.60 Å². The van der Waals surface area contributed by atoms with E-state index in [0.717, 1.165) is 52.2 Å². The normalized spacial score (nSPS) is 17.6. The number of piperidine rings is 1. The number of anilines is 1. The lowest BCUT2D eigenvalue weighted by Gasteiger charge is -2.47. The first-order valence-corrected chi connectivity index (χ1v) is 11.7. The van der Waals surface area contributed by atoms with Crippen LogP contribution < -0.4 is 4.90 Å². The number of aromatic nitrogens is 2. The van der Waals surface area contributed by atoms with Crippen molar-refractivity contribution in [1.29, 1.82) is 0 Å². The van der Waals surface area contributed by atoms with Crippen molar-refractivity contribution in [2.75, 3.05) is 37.7 Å². The van der Waals surface area contributed by atoms with Crippen molar-refractivity contribution in [3.63, 3.8) is 0 Å². The molecule has 9 nitrogen and oxygen atoms in total. The molecule has 0 aromatic carbocycles. The molecule has 2 fully saturated rings. The van der Waals surface area contributed by atoms with Crippen LogP contribution in [0.2, 0.25) is 0 Å². The van der Waals surface area contributed by atoms with Gasteiger partial charge in [-0.2, -0.15) is 26.3 Å². The molecule has 0 atom stereocenters. The molecule has 4 rings (SSSR count). The second kappa shape index (κ2) is 13.1. The van der Waals surface area contributed by atoms with Crippen LogP contribution in [0.4, 0.5) is 36.7 Å². The Morgan fingerprint density at radius 2 is 1.53 bits per heavy atom. The molecule has 0 bridgehead atoms. The minimum absolute atomic E-state index is 0.0635. The predicted molar refractivity (Wildman–Crippen MR) is 119 cm³/mol. The highest BCUT2D eigenvalue weighted by atomic mass is 32.1. The Labute approximate surface area is 215 Å². The highest BCUT2D eigenvalue weighted by molar-refractivity contribution is 7.09. The summed E-state index contributed by atoms with van der Waals surface area (Å²) in [5, 5.41) is 16.4. The van der Waals surface area contributed by atoms with E-state index >= 15 is 0 Å². The summed E-state index contributed by atoms with van der Waals surface area (Å²) in [5.74, 6) is -5.30. The lowest BCUT2D eigenvalue weighted by atomic mass is 9.89. The molecular weight excluding hydrogens is 553 g/mol. The Kier molecular flexibility index (Phi) is 10.8. The molecule has 2 aromatic heterocycles. The van der Waals surface area contributed by atoms with E-state index in [9.17, 15) is 30.7 Å². The van der Waals surface area contributed by atoms with E-state index in [1.54, 1.807) is 0 Å². The summed E-state index contributed by atoms with van der Waals surface area (Å²) >= 11 is 1.81. The fourth-order valence-electron chi connectivity index (χ4n) is 3.57. The minimum atomic E-state index is -5.08. The molecule has 2 aromatic rings. The second-order valence-corrected chi connectivity index (χ2v) is 9.15. The molecule has 2 aliphatic rings. The molecule has 17 heteroatoms. The van der Waals surface area contributed by atoms with E-state index in [2.05, 4.69) is 37.3 Å². The molecule has 0 saturated carbocycles. The number of nitrogens with zero attached hydrogens (tertiary/aromatic N) is 4. The molecule has 2 aliphatic heterocycles. The third-order valence-electron chi connectivity index (χ3n) is 5.34. The van der Waals surface area contributed by atoms with Crippen LogP contribution >= 0.6 is 11.3 Å². The Morgan fingerprint density at radius 1 is 1.00 bits per heavy atom. The van der Waals surface area contributed by atoms with Crippen molar-refractivity contribution in [3.8, 4) is 0 Å². The van der Waals surface area contributed by atoms with Crippen molar-refractivity contribution in [3.05, 3.63) is 40.6 Å². The summed E-state index contributed by atoms with van der Waals surface area (Å²) in [6.45, 7) is 5.45. The Morgan fingerprint density at radius 3 is 1.97 bits per heavy atom. The molecular formula is C21H23F7N4O5S. The third kappa shape index (κ3) is 10.0. The third-order valence-corrected chi connectivity index (χ3v) is 6.20. The van der Waals surface area contributed by atoms with Gasteiger partial charge in [-0.05, 0) is 24.3 Å². The number of halogens is 7. The maximum absolute atomic E-state index is 13.0. The average Bonchev–Trinajstić information content (AvgIpc) is 3.33. The van der Waals surface area contributed by atoms with Gasteiger partial charge in [0.15, 0.2) is 5.82 Å². The van der Waals surface area contributed by atoms with Gasteiger partial charge in [0.25, 0.3) is 0 Å². The first-order chi connectivity index (χ1) is 17.6. The molecule has 0 amide bonds. The van der Waals surface area contributed by atoms with E-state index in [0.29, 0.717) is 5.95 Å². The fraction of sp³-hybridized carbons (Fsp3) is 0.524. The highest BCUT2D eigenvalue weighted by Crippen LogP contribution is 2.32. The lowest BCUT2D eigenvalue weighted by Crippen LogP contribution is -2.56. The quantitative estimate of drug-likeness (QED) is 0.527. The van der Waals surface area contributed by atoms with E-state index in [1.165, 1.54) is 17.3 Å². The molecule has 1 spiro atoms. The van der Waals surface area contributed by atoms with E-state index in [1.807, 2.05) is 11.3 Å². The van der Waals surface area contributed by atoms with Crippen LogP contribution in [0.25, 0.3) is 0 Å². The molecule has 2 N–H and O–H groups in total. The molecule has 0 unspecified atom stereocenters. The summed E-state index contributed by atoms with van der Waals surface area (Å²) in [7, 11) is 0. The Hall–Kier alpha value is -3.05. The number of hydrogen-bond donors (Lipinski definition) is 2. The van der Waals surface area contributed by atoms with Gasteiger partial charge in [-0.25, -0.2) is 23.9 Å². The summed E-state index contributed by atoms with van der Waals surface area (Å²) in [4.78, 5) is 32.0. The summed E-state index contributed by atoms with van der Waals surface area (Å²) in [6, 6.07) is 4.30. The first-order valence-electron chi connectivity index (χ1n) is 10.8. The van der Waals surface area contributed by atoms with Crippen molar-refractivity contribution in [2.24, 2.45) is 0 Å². The molecule has 2 saturated heterocycles. The monoisotopic (exact) mass is 576 g/mol. The zero-order valence-electron chi connectivity index (χ0n) is 19.5. The minimum Gasteiger partial charge on any atom is -0.475 e. The van der Waals surface area contributed by atoms with Crippen molar-refractivity contribution in [2.45, 2.75) is 37.3 Å². The van der Waals surface area contributed by atoms with Crippen LogP contribution in [0.5, 0.6) is 0 Å². The van der Waals surface area contributed by atoms with Crippen LogP contribution in [0, 0.1) is 5.82 Å². The van der Waals surface area contributed by atoms with Crippen molar-refractivity contribution in [1.82, 2.24) is 14.9 Å². The topological polar surface area (TPSA) is 116 Å². The van der Waals surface area contributed by atoms with Gasteiger partial charge in [0.2, 0.25) is 5.95 Å². The lowest BCUT2D eigenvalue weighted by molar-refractivity contribution is -0.193. The number of alkyl halides is 6. The zero-order valence-corrected chi connectivity index (χ0v) is 20.3. The van der Waals surface area contributed by atoms with Gasteiger partial charge in [-0.15, -0.1) is 11.3 Å². The first kappa shape index (κ1) is 31.2. The van der Waals surface area contributed by atoms with Gasteiger partial charge in [-0.1, -0.05) is 6.07 Å². The Bertz CT molecular complexity index is 1000. The highest BCUT2D eigenvalue weighted by Gasteiger charge is 2.40. The fourth-order valence-corrected chi connectivity index (χ4v) is 4.31. The van der Waals surface area contributed by atoms with Gasteiger partial charge < -0.3 is 19.8 Å². The molecule has 4 heterocycles. The van der Waals surface area contributed by atoms with Gasteiger partial charge in [-0.3, -0.25) is 4.90 Å². The summed E-state index contributed by atoms with van der Waals surface area (Å²) < 4.78 is 82.6. The van der Waals surface area contributed by atoms with Gasteiger partial charge in [0.05, 0.1) is 24.6 Å². The summed E-state index contributed by atoms with van der Waals surface area (Å²) in [5.41, 5.74) is -0.0635. The smallest absolute Gasteiger partial charge is 0.475 e. The molecule has 212 valence electrons. The van der Waals surface area contributed by atoms with Gasteiger partial charge >= 0.3 is 24.3 Å². The molecule has 38 heavy (non-hydrogen) atoms. The number of carboxylic acids is 2. The van der Waals surface area contributed by atoms with Crippen molar-refractivity contribution < 1.29 is 55.3 Å². The van der Waals surface area contributed by atoms with Gasteiger partial charge in [0.1, 0.15) is 0 Å². The van der Waals surface area contributed by atoms with E-state index < -0.39 is 30.1 Å². The molecule has 0 radical (unpaired) electrons. The Balaban J connectivity index is 0.000000301. The maximum atomic E-state index is 13.0. The molecule has 0 aliphatic carbocycles. The standard InChI is InChI=1S/C17H21FN4OS.2C2HF3O2/c18-14-10-19-16(20-11-14)22-5-3-17(4-6-22)13-21(7-8-23-17)12-15-2-1-9-24-15;2*3-2(4,5)1(6)7/h1-2,9-11H,3-8,12-13H2;2*(H,6,7). The van der Waals surface area contributed by atoms with Crippen LogP contribution in [0.3, 0.4) is 0 Å². The van der Waals surface area contributed by atoms with Crippen LogP contribution in [0.15, 0.2) is 29.9 Å². The largest absolute Gasteiger partial charge is 0.490 e. The maximum Gasteiger partial charge on any atom is 0.490 e. The second-order valence-electron chi connectivity index (χ2n) is 8.12. The summed E-state index contributed by atoms with van der Waals surface area (Å²) in [6.07, 6.45) is -5.80. The van der Waals surface area contributed by atoms with Gasteiger partial charge in [0, 0.05) is 37.6 Å². The number of thiophene rings is 1. The van der Waals surface area contributed by atoms with Crippen molar-refractivity contribution >= 4 is 29.2 Å². The van der Waals surface area contributed by atoms with Crippen LogP contribution in [-0.2, 0) is 20.9 Å². The number of carbonyl (C=O) groups is 2. The number of hydrogen-bond acceptors (Lipinski definition) is 8. The van der Waals surface area contributed by atoms with Crippen LogP contribution in [0.1, 0.15) is 17.7 Å². The number of carboxylic acid groups (broad SMARTS) is 2. The number of morpholine rings is 1. The number of ether oxygens (including phenoxy) is 1. The van der Waals surface area contributed by atoms with E-state index in [4.69, 9.17) is 24.5 Å². The van der Waals surface area contributed by atoms with Crippen LogP contribution in [-0.4, -0.2) is 87.8 Å². The number of rotatable bonds is 3. The predicted octanol–water partition coefficient (Wildman–Crippen LogP) is 3.82. The SMILES string of the molecule is Fc1cnc(N2CCC3(CC2)CN(Cc2cccs2)CCO3)nc1.O=C(O)C(F)(F)F.O=C(O)C(F)(F)F.